The zero-order chi connectivity index (χ0) is 28.9. The molecule has 1 aliphatic carbocycles. The van der Waals surface area contributed by atoms with Crippen LogP contribution in [0.15, 0.2) is 54.6 Å². The van der Waals surface area contributed by atoms with Crippen molar-refractivity contribution in [1.29, 1.82) is 0 Å². The SMILES string of the molecule is COC=O.O=[C-]NCCCCCNC(=O)c1ccc2c(c1)C(=O)c1ccc(Nc3ccc(F)cc3F)cc1CC2.[Fm]. The van der Waals surface area contributed by atoms with Crippen molar-refractivity contribution < 1.29 is 32.7 Å². The van der Waals surface area contributed by atoms with E-state index in [1.54, 1.807) is 36.7 Å². The minimum Gasteiger partial charge on any atom is -0.530 e. The molecule has 0 heterocycles. The van der Waals surface area contributed by atoms with Gasteiger partial charge in [0, 0.05) is 35.0 Å². The van der Waals surface area contributed by atoms with E-state index in [9.17, 15) is 23.2 Å². The van der Waals surface area contributed by atoms with Crippen molar-refractivity contribution >= 4 is 35.9 Å². The Morgan fingerprint density at radius 2 is 1.68 bits per heavy atom. The number of nitrogens with one attached hydrogen (secondary N) is 3. The predicted molar refractivity (Wildman–Crippen MR) is 146 cm³/mol. The standard InChI is InChI=1S/C28H26F2N3O3.C2H4O2.Fm/c29-21-8-11-26(25(30)16-21)33-22-9-10-23-19(14-22)6-4-18-5-7-20(15-24(18)27(23)35)28(36)32-13-3-1-2-12-31-17-34;1-4-2-3;/h5,7-11,14-16,33H,1-4,6,12-13H2,(H,31,34)(H,32,36);2H,1H3;/q-1;;. The van der Waals surface area contributed by atoms with E-state index in [4.69, 9.17) is 4.79 Å². The van der Waals surface area contributed by atoms with Gasteiger partial charge in [-0.25, -0.2) is 8.78 Å². The third kappa shape index (κ3) is 8.71. The first kappa shape index (κ1) is 31.6. The molecule has 1 aliphatic rings. The van der Waals surface area contributed by atoms with E-state index in [2.05, 4.69) is 20.7 Å². The largest absolute Gasteiger partial charge is 0.530 e. The van der Waals surface area contributed by atoms with Crippen LogP contribution in [0, 0.1) is 11.6 Å². The van der Waals surface area contributed by atoms with Crippen LogP contribution in [0.5, 0.6) is 0 Å². The molecule has 3 N–H and O–H groups in total. The van der Waals surface area contributed by atoms with Crippen LogP contribution < -0.4 is 16.0 Å². The Kier molecular flexibility index (Phi) is 12.1. The summed E-state index contributed by atoms with van der Waals surface area (Å²) in [6.45, 7) is 1.44. The fraction of sp³-hybridized carbons (Fsp3) is 0.267. The minimum absolute atomic E-state index is 0. The number of carbonyl (C=O) groups is 3. The number of hydrogen-bond donors (Lipinski definition) is 3. The molecule has 3 aromatic rings. The van der Waals surface area contributed by atoms with Gasteiger partial charge in [-0.15, -0.1) is 0 Å². The molecule has 0 unspecified atom stereocenters. The summed E-state index contributed by atoms with van der Waals surface area (Å²) in [6, 6.07) is 13.7. The number of aryl methyl sites for hydroxylation is 2. The van der Waals surface area contributed by atoms with E-state index < -0.39 is 11.6 Å². The predicted octanol–water partition coefficient (Wildman–Crippen LogP) is 4.38. The smallest absolute Gasteiger partial charge is 0.292 e. The van der Waals surface area contributed by atoms with Crippen LogP contribution in [-0.4, -0.2) is 44.8 Å². The third-order valence-electron chi connectivity index (χ3n) is 6.27. The van der Waals surface area contributed by atoms with E-state index in [0.29, 0.717) is 54.8 Å². The average Bonchev–Trinajstić information content (AvgIpc) is 3.10. The van der Waals surface area contributed by atoms with Gasteiger partial charge in [-0.3, -0.25) is 14.4 Å². The first-order chi connectivity index (χ1) is 19.4. The fourth-order valence-electron chi connectivity index (χ4n) is 4.28. The van der Waals surface area contributed by atoms with Gasteiger partial charge in [-0.05, 0) is 85.8 Å². The Morgan fingerprint density at radius 3 is 2.39 bits per heavy atom. The van der Waals surface area contributed by atoms with Crippen LogP contribution in [0.25, 0.3) is 0 Å². The van der Waals surface area contributed by atoms with Gasteiger partial charge in [0.15, 0.2) is 5.78 Å². The quantitative estimate of drug-likeness (QED) is 0.115. The van der Waals surface area contributed by atoms with E-state index in [-0.39, 0.29) is 17.4 Å². The Bertz CT molecular complexity index is 1370. The molecule has 0 radical (unpaired) electrons. The van der Waals surface area contributed by atoms with E-state index in [1.165, 1.54) is 19.2 Å². The van der Waals surface area contributed by atoms with E-state index in [0.717, 1.165) is 36.5 Å². The number of carbonyl (C=O) groups excluding carboxylic acids is 4. The van der Waals surface area contributed by atoms with Crippen LogP contribution in [-0.2, 0) is 27.2 Å². The van der Waals surface area contributed by atoms with Crippen molar-refractivity contribution in [3.05, 3.63) is 94.0 Å². The van der Waals surface area contributed by atoms with Gasteiger partial charge in [0.05, 0.1) is 12.8 Å². The average molecular weight is 808 g/mol. The molecule has 41 heavy (non-hydrogen) atoms. The maximum Gasteiger partial charge on any atom is 0.292 e. The van der Waals surface area contributed by atoms with E-state index in [1.807, 2.05) is 6.07 Å². The zero-order valence-electron chi connectivity index (χ0n) is 22.3. The molecule has 2 amide bonds. The minimum atomic E-state index is -0.701. The fourth-order valence-corrected chi connectivity index (χ4v) is 4.28. The number of ether oxygens (including phenoxy) is 1. The van der Waals surface area contributed by atoms with Crippen LogP contribution in [0.1, 0.15) is 56.7 Å². The number of rotatable bonds is 11. The number of hydrogen-bond acceptors (Lipinski definition) is 6. The first-order valence-electron chi connectivity index (χ1n) is 12.7. The third-order valence-corrected chi connectivity index (χ3v) is 6.27. The number of ketones is 1. The van der Waals surface area contributed by atoms with Gasteiger partial charge in [0.25, 0.3) is 12.4 Å². The van der Waals surface area contributed by atoms with Crippen molar-refractivity contribution in [3.63, 3.8) is 0 Å². The second-order valence-electron chi connectivity index (χ2n) is 9.00. The summed E-state index contributed by atoms with van der Waals surface area (Å²) in [5.41, 5.74) is 3.89. The summed E-state index contributed by atoms with van der Waals surface area (Å²) in [6.07, 6.45) is 5.31. The van der Waals surface area contributed by atoms with Gasteiger partial charge in [0.2, 0.25) is 0 Å². The van der Waals surface area contributed by atoms with Gasteiger partial charge in [0.1, 0.15) is 11.6 Å². The number of benzene rings is 3. The summed E-state index contributed by atoms with van der Waals surface area (Å²) in [5.74, 6) is -1.76. The van der Waals surface area contributed by atoms with Crippen molar-refractivity contribution in [2.75, 3.05) is 25.5 Å². The monoisotopic (exact) mass is 807 g/mol. The molecule has 0 atom stereocenters. The number of methoxy groups -OCH3 is 1. The molecule has 0 aliphatic heterocycles. The summed E-state index contributed by atoms with van der Waals surface area (Å²) < 4.78 is 31.1. The first-order valence-corrected chi connectivity index (χ1v) is 12.7. The maximum absolute atomic E-state index is 14.0. The molecule has 8 nitrogen and oxygen atoms in total. The summed E-state index contributed by atoms with van der Waals surface area (Å²) in [5, 5.41) is 8.30. The molecule has 0 bridgehead atoms. The van der Waals surface area contributed by atoms with Crippen molar-refractivity contribution in [3.8, 4) is 0 Å². The second kappa shape index (κ2) is 15.7. The number of anilines is 2. The molecule has 0 saturated heterocycles. The topological polar surface area (TPSA) is 114 Å². The zero-order valence-corrected chi connectivity index (χ0v) is 24.7. The van der Waals surface area contributed by atoms with Crippen LogP contribution in [0.4, 0.5) is 20.2 Å². The van der Waals surface area contributed by atoms with Gasteiger partial charge in [-0.1, -0.05) is 12.5 Å². The molecule has 0 spiro atoms. The van der Waals surface area contributed by atoms with Gasteiger partial charge < -0.3 is 25.5 Å². The molecule has 0 saturated carbocycles. The Balaban J connectivity index is 0.00000110. The summed E-state index contributed by atoms with van der Waals surface area (Å²) in [4.78, 5) is 45.1. The normalized spacial score (nSPS) is 11.2. The molecular weight excluding hydrogens is 777 g/mol. The number of halogens is 2. The van der Waals surface area contributed by atoms with Crippen molar-refractivity contribution in [2.24, 2.45) is 0 Å². The molecule has 11 heteroatoms. The Labute approximate surface area is 231 Å². The summed E-state index contributed by atoms with van der Waals surface area (Å²) in [7, 11) is 1.31. The molecule has 0 fully saturated rings. The number of unbranched alkanes of at least 4 members (excludes halogenated alkanes) is 2. The Hall–Kier alpha value is -5.60. The maximum atomic E-state index is 14.0. The van der Waals surface area contributed by atoms with Crippen molar-refractivity contribution in [1.82, 2.24) is 10.6 Å². The molecular formula is C30H30F2FmN3O5-. The van der Waals surface area contributed by atoms with Gasteiger partial charge in [-0.2, -0.15) is 6.41 Å². The molecule has 0 aromatic heterocycles. The second-order valence-corrected chi connectivity index (χ2v) is 9.00. The van der Waals surface area contributed by atoms with Crippen LogP contribution in [0.2, 0.25) is 0 Å². The molecule has 3 aromatic carbocycles. The van der Waals surface area contributed by atoms with E-state index >= 15 is 0 Å². The number of amides is 2. The molecule has 222 valence electrons. The Morgan fingerprint density at radius 1 is 0.951 bits per heavy atom. The van der Waals surface area contributed by atoms with Gasteiger partial charge >= 0.3 is 0 Å². The molecule has 4 rings (SSSR count). The summed E-state index contributed by atoms with van der Waals surface area (Å²) >= 11 is 0. The van der Waals surface area contributed by atoms with Crippen LogP contribution >= 0.6 is 0 Å². The number of fused-ring (bicyclic) bond motifs is 2. The van der Waals surface area contributed by atoms with Crippen molar-refractivity contribution in [2.45, 2.75) is 32.1 Å². The van der Waals surface area contributed by atoms with Crippen LogP contribution in [0.3, 0.4) is 0 Å².